The van der Waals surface area contributed by atoms with Crippen LogP contribution in [0.5, 0.6) is 11.5 Å². The Bertz CT molecular complexity index is 966. The molecule has 0 atom stereocenters. The Balaban J connectivity index is 1.67. The fourth-order valence-electron chi connectivity index (χ4n) is 3.36. The van der Waals surface area contributed by atoms with Crippen molar-refractivity contribution in [2.24, 2.45) is 5.92 Å². The number of nitriles is 1. The Labute approximate surface area is 188 Å². The average molecular weight is 443 g/mol. The van der Waals surface area contributed by atoms with E-state index in [9.17, 15) is 4.79 Å². The fourth-order valence-corrected chi connectivity index (χ4v) is 3.63. The van der Waals surface area contributed by atoms with Gasteiger partial charge in [0.05, 0.1) is 30.4 Å². The summed E-state index contributed by atoms with van der Waals surface area (Å²) in [4.78, 5) is 21.3. The first-order valence-corrected chi connectivity index (χ1v) is 10.7. The number of aromatic nitrogens is 1. The number of benzene rings is 1. The molecule has 1 fully saturated rings. The molecule has 1 aliphatic rings. The molecular weight excluding hydrogens is 416 g/mol. The second-order valence-corrected chi connectivity index (χ2v) is 8.22. The van der Waals surface area contributed by atoms with E-state index in [-0.39, 0.29) is 5.91 Å². The Morgan fingerprint density at radius 3 is 2.65 bits per heavy atom. The van der Waals surface area contributed by atoms with Crippen LogP contribution in [0.2, 0.25) is 5.02 Å². The fraction of sp³-hybridized carbons (Fsp3) is 0.435. The van der Waals surface area contributed by atoms with Crippen LogP contribution in [0, 0.1) is 17.2 Å². The van der Waals surface area contributed by atoms with Crippen LogP contribution in [0.15, 0.2) is 30.5 Å². The number of piperazine rings is 1. The SMILES string of the molecule is COc1cc(C(=O)N2CCN(c3cc(C#N)ccn3)CC2)cc(Cl)c1OCCC(C)C. The summed E-state index contributed by atoms with van der Waals surface area (Å²) in [6, 6.07) is 8.89. The van der Waals surface area contributed by atoms with Crippen LogP contribution < -0.4 is 14.4 Å². The van der Waals surface area contributed by atoms with Crippen molar-refractivity contribution >= 4 is 23.3 Å². The van der Waals surface area contributed by atoms with E-state index < -0.39 is 0 Å². The molecule has 0 N–H and O–H groups in total. The zero-order valence-corrected chi connectivity index (χ0v) is 18.9. The number of carbonyl (C=O) groups is 1. The van der Waals surface area contributed by atoms with Gasteiger partial charge >= 0.3 is 0 Å². The number of nitrogens with zero attached hydrogens (tertiary/aromatic N) is 4. The van der Waals surface area contributed by atoms with Gasteiger partial charge in [-0.2, -0.15) is 5.26 Å². The van der Waals surface area contributed by atoms with Crippen LogP contribution in [0.1, 0.15) is 36.2 Å². The molecule has 1 aromatic heterocycles. The van der Waals surface area contributed by atoms with E-state index in [1.807, 2.05) is 0 Å². The van der Waals surface area contributed by atoms with E-state index in [1.165, 1.54) is 7.11 Å². The van der Waals surface area contributed by atoms with Crippen molar-refractivity contribution in [1.82, 2.24) is 9.88 Å². The van der Waals surface area contributed by atoms with Crippen molar-refractivity contribution in [3.05, 3.63) is 46.6 Å². The molecule has 2 aromatic rings. The number of ether oxygens (including phenoxy) is 2. The molecule has 0 spiro atoms. The molecule has 0 unspecified atom stereocenters. The third-order valence-electron chi connectivity index (χ3n) is 5.18. The van der Waals surface area contributed by atoms with E-state index in [0.29, 0.717) is 66.4 Å². The lowest BCUT2D eigenvalue weighted by Gasteiger charge is -2.35. The predicted octanol–water partition coefficient (Wildman–Crippen LogP) is 4.00. The summed E-state index contributed by atoms with van der Waals surface area (Å²) >= 11 is 6.42. The number of amides is 1. The van der Waals surface area contributed by atoms with Crippen molar-refractivity contribution in [2.45, 2.75) is 20.3 Å². The molecule has 1 saturated heterocycles. The van der Waals surface area contributed by atoms with Gasteiger partial charge in [0.25, 0.3) is 5.91 Å². The Morgan fingerprint density at radius 1 is 1.26 bits per heavy atom. The minimum absolute atomic E-state index is 0.104. The average Bonchev–Trinajstić information content (AvgIpc) is 2.79. The monoisotopic (exact) mass is 442 g/mol. The predicted molar refractivity (Wildman–Crippen MR) is 120 cm³/mol. The van der Waals surface area contributed by atoms with Crippen LogP contribution in [-0.2, 0) is 0 Å². The number of hydrogen-bond acceptors (Lipinski definition) is 6. The number of halogens is 1. The normalized spacial score (nSPS) is 13.8. The van der Waals surface area contributed by atoms with Crippen LogP contribution in [0.25, 0.3) is 0 Å². The molecule has 164 valence electrons. The van der Waals surface area contributed by atoms with Crippen LogP contribution in [-0.4, -0.2) is 55.7 Å². The highest BCUT2D eigenvalue weighted by atomic mass is 35.5. The molecule has 0 saturated carbocycles. The van der Waals surface area contributed by atoms with Gasteiger partial charge in [-0.3, -0.25) is 4.79 Å². The third-order valence-corrected chi connectivity index (χ3v) is 5.46. The maximum Gasteiger partial charge on any atom is 0.254 e. The maximum atomic E-state index is 13.1. The zero-order valence-electron chi connectivity index (χ0n) is 18.1. The minimum Gasteiger partial charge on any atom is -0.493 e. The van der Waals surface area contributed by atoms with E-state index in [4.69, 9.17) is 26.3 Å². The Kier molecular flexibility index (Phi) is 7.59. The molecule has 1 aliphatic heterocycles. The largest absolute Gasteiger partial charge is 0.493 e. The van der Waals surface area contributed by atoms with Gasteiger partial charge in [-0.05, 0) is 36.6 Å². The van der Waals surface area contributed by atoms with Gasteiger partial charge in [0, 0.05) is 37.9 Å². The van der Waals surface area contributed by atoms with Gasteiger partial charge < -0.3 is 19.3 Å². The first kappa shape index (κ1) is 22.7. The Morgan fingerprint density at radius 2 is 2.00 bits per heavy atom. The summed E-state index contributed by atoms with van der Waals surface area (Å²) in [5, 5.41) is 9.44. The summed E-state index contributed by atoms with van der Waals surface area (Å²) in [5.74, 6) is 2.08. The molecule has 1 aromatic carbocycles. The van der Waals surface area contributed by atoms with Crippen LogP contribution >= 0.6 is 11.6 Å². The van der Waals surface area contributed by atoms with Gasteiger partial charge in [0.2, 0.25) is 0 Å². The molecule has 0 bridgehead atoms. The quantitative estimate of drug-likeness (QED) is 0.644. The molecule has 2 heterocycles. The van der Waals surface area contributed by atoms with Gasteiger partial charge in [-0.15, -0.1) is 0 Å². The molecule has 3 rings (SSSR count). The number of hydrogen-bond donors (Lipinski definition) is 0. The lowest BCUT2D eigenvalue weighted by molar-refractivity contribution is 0.0746. The van der Waals surface area contributed by atoms with Crippen molar-refractivity contribution in [3.8, 4) is 17.6 Å². The van der Waals surface area contributed by atoms with Crippen molar-refractivity contribution in [1.29, 1.82) is 5.26 Å². The molecule has 31 heavy (non-hydrogen) atoms. The minimum atomic E-state index is -0.104. The highest BCUT2D eigenvalue weighted by Crippen LogP contribution is 2.37. The number of carbonyl (C=O) groups excluding carboxylic acids is 1. The second kappa shape index (κ2) is 10.4. The second-order valence-electron chi connectivity index (χ2n) is 7.81. The standard InChI is InChI=1S/C23H27ClN4O3/c1-16(2)5-11-31-22-19(24)13-18(14-20(22)30-3)23(29)28-9-7-27(8-10-28)21-12-17(15-25)4-6-26-21/h4,6,12-14,16H,5,7-11H2,1-3H3. The first-order chi connectivity index (χ1) is 14.9. The number of methoxy groups -OCH3 is 1. The molecule has 7 nitrogen and oxygen atoms in total. The topological polar surface area (TPSA) is 78.7 Å². The molecule has 1 amide bonds. The van der Waals surface area contributed by atoms with E-state index in [1.54, 1.807) is 35.4 Å². The maximum absolute atomic E-state index is 13.1. The van der Waals surface area contributed by atoms with Gasteiger partial charge in [0.15, 0.2) is 11.5 Å². The smallest absolute Gasteiger partial charge is 0.254 e. The first-order valence-electron chi connectivity index (χ1n) is 10.3. The van der Waals surface area contributed by atoms with E-state index >= 15 is 0 Å². The number of rotatable bonds is 7. The van der Waals surface area contributed by atoms with Crippen LogP contribution in [0.4, 0.5) is 5.82 Å². The molecule has 0 radical (unpaired) electrons. The van der Waals surface area contributed by atoms with Gasteiger partial charge in [-0.25, -0.2) is 4.98 Å². The van der Waals surface area contributed by atoms with Gasteiger partial charge in [-0.1, -0.05) is 25.4 Å². The van der Waals surface area contributed by atoms with Crippen molar-refractivity contribution < 1.29 is 14.3 Å². The lowest BCUT2D eigenvalue weighted by Crippen LogP contribution is -2.49. The summed E-state index contributed by atoms with van der Waals surface area (Å²) in [5.41, 5.74) is 1.04. The summed E-state index contributed by atoms with van der Waals surface area (Å²) in [6.07, 6.45) is 2.53. The van der Waals surface area contributed by atoms with E-state index in [0.717, 1.165) is 12.2 Å². The third kappa shape index (κ3) is 5.59. The zero-order chi connectivity index (χ0) is 22.4. The molecule has 8 heteroatoms. The number of pyridine rings is 1. The van der Waals surface area contributed by atoms with Crippen LogP contribution in [0.3, 0.4) is 0 Å². The summed E-state index contributed by atoms with van der Waals surface area (Å²) in [7, 11) is 1.54. The van der Waals surface area contributed by atoms with Gasteiger partial charge in [0.1, 0.15) is 5.82 Å². The highest BCUT2D eigenvalue weighted by Gasteiger charge is 2.25. The molecule has 0 aliphatic carbocycles. The van der Waals surface area contributed by atoms with Crippen molar-refractivity contribution in [3.63, 3.8) is 0 Å². The lowest BCUT2D eigenvalue weighted by atomic mass is 10.1. The van der Waals surface area contributed by atoms with Crippen molar-refractivity contribution in [2.75, 3.05) is 44.8 Å². The Hall–Kier alpha value is -2.98. The summed E-state index contributed by atoms with van der Waals surface area (Å²) in [6.45, 7) is 7.14. The summed E-state index contributed by atoms with van der Waals surface area (Å²) < 4.78 is 11.2. The molecular formula is C23H27ClN4O3. The highest BCUT2D eigenvalue weighted by molar-refractivity contribution is 6.32. The van der Waals surface area contributed by atoms with E-state index in [2.05, 4.69) is 29.8 Å². The number of anilines is 1.